The van der Waals surface area contributed by atoms with Crippen LogP contribution < -0.4 is 53.3 Å². The second-order valence-electron chi connectivity index (χ2n) is 34.5. The maximum absolute atomic E-state index is 18.1. The molecule has 19 atom stereocenters. The molecular weight excluding hydrogens is 1660 g/mol. The Balaban J connectivity index is 0.651. The number of primary amides is 1. The van der Waals surface area contributed by atoms with Crippen LogP contribution in [-0.2, 0) is 87.6 Å². The molecule has 2 aromatic carbocycles. The highest BCUT2D eigenvalue weighted by Crippen LogP contribution is 2.72. The highest BCUT2D eigenvalue weighted by atomic mass is 19.1. The zero-order valence-electron chi connectivity index (χ0n) is 72.7. The van der Waals surface area contributed by atoms with E-state index in [0.29, 0.717) is 72.4 Å². The van der Waals surface area contributed by atoms with E-state index < -0.39 is 180 Å². The third-order valence-corrected chi connectivity index (χ3v) is 25.7. The molecule has 38 heteroatoms. The first-order valence-electron chi connectivity index (χ1n) is 44.1. The Labute approximate surface area is 736 Å². The number of carbonyl (C=O) groups is 10. The molecule has 2 aromatic rings. The number of nitrogens with zero attached hydrogens (tertiary/aromatic N) is 2. The van der Waals surface area contributed by atoms with Crippen LogP contribution in [-0.4, -0.2) is 272 Å². The van der Waals surface area contributed by atoms with Crippen molar-refractivity contribution in [1.82, 2.24) is 42.1 Å². The average molecular weight is 1790 g/mol. The molecule has 700 valence electrons. The minimum atomic E-state index is -2.26. The molecule has 3 saturated carbocycles. The van der Waals surface area contributed by atoms with Crippen molar-refractivity contribution in [3.05, 3.63) is 114 Å². The first-order chi connectivity index (χ1) is 60.8. The fourth-order valence-electron chi connectivity index (χ4n) is 18.9. The molecule has 15 N–H and O–H groups in total. The van der Waals surface area contributed by atoms with Gasteiger partial charge in [-0.05, 0) is 149 Å². The predicted molar refractivity (Wildman–Crippen MR) is 452 cm³/mol. The SMILES string of the molecule is C=C1C=C[C@@]2(C)C(=C1)[C@@H](F)C[C@H]1[C@@H]3C[C@H]4OC(CCC)O[C@@]4(C(=O)COc4ccc(NC(=O)OCc5ccc(NC(=O)[C@H](CCCNC(N)=O)CC(=O)[C@@H](NC(=O)[C@@H](CCCCNC(=O)COC6CCCCCC7=C6NNN7[C@@H]6O[C@H](CO)[C@H](O)[C@H](O)[C@H]6O)NC(=O)CCOCCOCCOCCOCCN6C(=O)C=CC6=O)C(C)C)cc5)cc4)[C@@]3(C)C[C@H](O)[C@@]12F. The average Bonchev–Trinajstić information content (AvgIpc) is 1.52. The number of benzene rings is 2. The van der Waals surface area contributed by atoms with Crippen LogP contribution in [0.5, 0.6) is 5.75 Å². The number of nitrogens with one attached hydrogen (secondary N) is 8. The number of ether oxygens (including phenoxy) is 10. The Hall–Kier alpha value is -9.26. The number of Topliss-reactive ketones (excluding diaryl/α,β-unsaturated/α-hetero) is 2. The van der Waals surface area contributed by atoms with Crippen molar-refractivity contribution >= 4 is 70.5 Å². The topological polar surface area (TPSA) is 493 Å². The summed E-state index contributed by atoms with van der Waals surface area (Å²) in [4.78, 5) is 135. The van der Waals surface area contributed by atoms with Gasteiger partial charge in [-0.1, -0.05) is 83.9 Å². The van der Waals surface area contributed by atoms with Gasteiger partial charge in [0, 0.05) is 72.1 Å². The van der Waals surface area contributed by atoms with Crippen LogP contribution in [0.3, 0.4) is 0 Å². The van der Waals surface area contributed by atoms with Gasteiger partial charge in [0.05, 0.1) is 95.7 Å². The van der Waals surface area contributed by atoms with Crippen LogP contribution in [0.15, 0.2) is 108 Å². The second kappa shape index (κ2) is 45.3. The molecule has 0 spiro atoms. The second-order valence-corrected chi connectivity index (χ2v) is 34.5. The number of hydrazine groups is 2. The Kier molecular flexibility index (Phi) is 35.1. The lowest BCUT2D eigenvalue weighted by atomic mass is 9.44. The Morgan fingerprint density at radius 3 is 2.11 bits per heavy atom. The number of hydrogen-bond donors (Lipinski definition) is 14. The molecule has 4 aliphatic heterocycles. The molecule has 5 aliphatic carbocycles. The summed E-state index contributed by atoms with van der Waals surface area (Å²) < 4.78 is 93.5. The van der Waals surface area contributed by atoms with Gasteiger partial charge in [0.25, 0.3) is 11.8 Å². The van der Waals surface area contributed by atoms with Crippen molar-refractivity contribution < 1.29 is 130 Å². The molecule has 9 amide bonds. The number of allylic oxidation sites excluding steroid dienone is 6. The molecule has 4 heterocycles. The van der Waals surface area contributed by atoms with E-state index in [4.69, 9.17) is 53.1 Å². The summed E-state index contributed by atoms with van der Waals surface area (Å²) >= 11 is 0. The highest BCUT2D eigenvalue weighted by Gasteiger charge is 2.80. The lowest BCUT2D eigenvalue weighted by molar-refractivity contribution is -0.266. The summed E-state index contributed by atoms with van der Waals surface area (Å²) in [6, 6.07) is 9.41. The number of rotatable bonds is 47. The molecule has 0 aromatic heterocycles. The molecule has 2 unspecified atom stereocenters. The monoisotopic (exact) mass is 1790 g/mol. The van der Waals surface area contributed by atoms with Crippen LogP contribution in [0.2, 0.25) is 0 Å². The predicted octanol–water partition coefficient (Wildman–Crippen LogP) is 4.52. The molecule has 0 radical (unpaired) electrons. The number of anilines is 2. The number of ketones is 2. The quantitative estimate of drug-likeness (QED) is 0.0320. The van der Waals surface area contributed by atoms with Gasteiger partial charge in [-0.15, -0.1) is 5.53 Å². The number of imide groups is 1. The minimum Gasteiger partial charge on any atom is -0.486 e. The van der Waals surface area contributed by atoms with Crippen molar-refractivity contribution in [2.24, 2.45) is 40.2 Å². The molecule has 2 saturated heterocycles. The number of urea groups is 1. The molecule has 5 fully saturated rings. The number of unbranched alkanes of at least 4 members (excludes halogenated alkanes) is 1. The Morgan fingerprint density at radius 1 is 0.748 bits per heavy atom. The number of hydrogen-bond acceptors (Lipinski definition) is 28. The number of carbonyl (C=O) groups excluding carboxylic acids is 10. The van der Waals surface area contributed by atoms with Gasteiger partial charge < -0.3 is 111 Å². The van der Waals surface area contributed by atoms with Gasteiger partial charge >= 0.3 is 12.1 Å². The number of halogens is 2. The number of fused-ring (bicyclic) bond motifs is 7. The Bertz CT molecular complexity index is 4300. The zero-order valence-corrected chi connectivity index (χ0v) is 72.7. The van der Waals surface area contributed by atoms with E-state index >= 15 is 8.78 Å². The van der Waals surface area contributed by atoms with E-state index in [1.165, 1.54) is 17.2 Å². The van der Waals surface area contributed by atoms with E-state index in [2.05, 4.69) is 49.4 Å². The van der Waals surface area contributed by atoms with Crippen LogP contribution in [0.1, 0.15) is 149 Å². The number of aliphatic hydroxyl groups is 5. The standard InChI is InChI=1S/C89H125F2N11O25/c1-7-14-75-126-70-46-59-60-45-62(90)61-43-53(4)29-31-86(61,5)88(60,91)68(105)47-87(59,6)89(70,127-75)69(106)50-122-58-25-23-57(24-26-58)96-85(117)124-49-54-19-21-56(22-20-54)95-81(114)55(15-13-33-94-84(92)116)44-65(104)76(52(2)3)98-82(115)63(97-71(107)30-35-118-37-39-120-41-42-121-40-38-119-36-34-101-73(109)27-28-74(101)110)16-11-12-32-93-72(108)51-123-66-18-10-8-9-17-64-77(66)99-100-102(64)83-80(113)79(112)78(111)67(48-103)125-83/h19-29,31,43,52,55,59-60,62-63,66-68,70,75-76,78-80,83,99-100,103,105,111-113H,4,7-18,30,32-42,44-51H2,1-3,5-6H3,(H,93,108)(H,95,114)(H,96,117)(H,97,107)(H,98,115)(H3,92,94,116)/t55-,59+,60+,62+,63-,66?,67-,68+,70-,75?,76+,78+,79+,80-,83-,86+,87+,88+,89-/m1/s1. The number of aliphatic hydroxyl groups excluding tert-OH is 5. The van der Waals surface area contributed by atoms with Gasteiger partial charge in [-0.2, -0.15) is 0 Å². The van der Waals surface area contributed by atoms with Crippen LogP contribution in [0.4, 0.5) is 29.7 Å². The van der Waals surface area contributed by atoms with E-state index in [1.807, 2.05) is 13.8 Å². The third-order valence-electron chi connectivity index (χ3n) is 25.7. The number of nitrogens with two attached hydrogens (primary N) is 1. The smallest absolute Gasteiger partial charge is 0.411 e. The lowest BCUT2D eigenvalue weighted by Gasteiger charge is -2.63. The number of alkyl halides is 2. The molecule has 0 bridgehead atoms. The summed E-state index contributed by atoms with van der Waals surface area (Å²) in [5.74, 6) is -6.85. The van der Waals surface area contributed by atoms with Crippen molar-refractivity contribution in [1.29, 1.82) is 0 Å². The Morgan fingerprint density at radius 2 is 1.43 bits per heavy atom. The third kappa shape index (κ3) is 23.7. The van der Waals surface area contributed by atoms with E-state index in [9.17, 15) is 73.5 Å². The van der Waals surface area contributed by atoms with E-state index in [-0.39, 0.29) is 160 Å². The normalized spacial score (nSPS) is 29.0. The van der Waals surface area contributed by atoms with Gasteiger partial charge in [0.15, 0.2) is 29.6 Å². The van der Waals surface area contributed by atoms with Crippen molar-refractivity contribution in [3.8, 4) is 5.75 Å². The highest BCUT2D eigenvalue weighted by molar-refractivity contribution is 6.13. The van der Waals surface area contributed by atoms with E-state index in [1.54, 1.807) is 87.5 Å². The fourth-order valence-corrected chi connectivity index (χ4v) is 18.9. The van der Waals surface area contributed by atoms with Crippen molar-refractivity contribution in [3.63, 3.8) is 0 Å². The molecule has 9 aliphatic rings. The van der Waals surface area contributed by atoms with E-state index in [0.717, 1.165) is 24.2 Å². The summed E-state index contributed by atoms with van der Waals surface area (Å²) in [6.45, 7) is 12.8. The minimum absolute atomic E-state index is 0.0475. The summed E-state index contributed by atoms with van der Waals surface area (Å²) in [7, 11) is 0. The molecule has 36 nitrogen and oxygen atoms in total. The maximum atomic E-state index is 18.1. The largest absolute Gasteiger partial charge is 0.486 e. The van der Waals surface area contributed by atoms with Crippen LogP contribution in [0.25, 0.3) is 0 Å². The first-order valence-corrected chi connectivity index (χ1v) is 44.1. The summed E-state index contributed by atoms with van der Waals surface area (Å²) in [5.41, 5.74) is 8.02. The van der Waals surface area contributed by atoms with Gasteiger partial charge in [0.2, 0.25) is 29.4 Å². The van der Waals surface area contributed by atoms with Crippen LogP contribution in [0, 0.1) is 34.5 Å². The zero-order chi connectivity index (χ0) is 91.3. The molecule has 11 rings (SSSR count). The summed E-state index contributed by atoms with van der Waals surface area (Å²) in [6.07, 6.45) is -1.04. The lowest BCUT2D eigenvalue weighted by Crippen LogP contribution is -2.70. The fraction of sp³-hybridized carbons (Fsp3) is 0.640. The van der Waals surface area contributed by atoms with Crippen LogP contribution >= 0.6 is 0 Å². The first kappa shape index (κ1) is 98.3. The molecule has 127 heavy (non-hydrogen) atoms. The summed E-state index contributed by atoms with van der Waals surface area (Å²) in [5, 5.41) is 71.8. The van der Waals surface area contributed by atoms with Gasteiger partial charge in [-0.3, -0.25) is 53.6 Å². The van der Waals surface area contributed by atoms with Gasteiger partial charge in [-0.25, -0.2) is 18.4 Å². The molecular formula is C89H125F2N11O25. The van der Waals surface area contributed by atoms with Crippen molar-refractivity contribution in [2.75, 3.05) is 103 Å². The van der Waals surface area contributed by atoms with Crippen molar-refractivity contribution in [2.45, 2.75) is 235 Å². The maximum Gasteiger partial charge on any atom is 0.411 e. The number of amides is 9. The van der Waals surface area contributed by atoms with Gasteiger partial charge in [0.1, 0.15) is 68.3 Å².